The first-order valence-electron chi connectivity index (χ1n) is 9.81. The number of rotatable bonds is 8. The average molecular weight is 466 g/mol. The second-order valence-corrected chi connectivity index (χ2v) is 10.9. The van der Waals surface area contributed by atoms with Gasteiger partial charge in [-0.2, -0.15) is 0 Å². The fourth-order valence-electron chi connectivity index (χ4n) is 3.63. The Morgan fingerprint density at radius 3 is 2.73 bits per heavy atom. The standard InChI is InChI=1S/C20H23N3O4S3/c1-2-27-14-9-7-13(8-10-14)23-19(24)17-15-5-3-6-16(15)29-18(17)22-20(23)28-11-4-12-30(21,25)26/h7-10H,2-6,11-12H2,1H3,(H2,21,25,26). The summed E-state index contributed by atoms with van der Waals surface area (Å²) in [6.45, 7) is 2.49. The van der Waals surface area contributed by atoms with Gasteiger partial charge < -0.3 is 4.74 Å². The minimum Gasteiger partial charge on any atom is -0.494 e. The highest BCUT2D eigenvalue weighted by molar-refractivity contribution is 7.99. The zero-order valence-electron chi connectivity index (χ0n) is 16.6. The predicted octanol–water partition coefficient (Wildman–Crippen LogP) is 3.11. The summed E-state index contributed by atoms with van der Waals surface area (Å²) in [6, 6.07) is 7.37. The quantitative estimate of drug-likeness (QED) is 0.311. The highest BCUT2D eigenvalue weighted by Gasteiger charge is 2.24. The van der Waals surface area contributed by atoms with Gasteiger partial charge in [0.05, 0.1) is 23.4 Å². The van der Waals surface area contributed by atoms with Crippen LogP contribution in [0.25, 0.3) is 15.9 Å². The highest BCUT2D eigenvalue weighted by Crippen LogP contribution is 2.36. The molecule has 3 aromatic rings. The highest BCUT2D eigenvalue weighted by atomic mass is 32.2. The van der Waals surface area contributed by atoms with Crippen LogP contribution in [0.15, 0.2) is 34.2 Å². The van der Waals surface area contributed by atoms with Gasteiger partial charge in [0, 0.05) is 10.6 Å². The molecule has 0 saturated carbocycles. The summed E-state index contributed by atoms with van der Waals surface area (Å²) >= 11 is 2.97. The molecule has 1 aliphatic rings. The van der Waals surface area contributed by atoms with E-state index in [0.717, 1.165) is 40.8 Å². The van der Waals surface area contributed by atoms with Crippen LogP contribution >= 0.6 is 23.1 Å². The minimum absolute atomic E-state index is 0.0718. The van der Waals surface area contributed by atoms with Gasteiger partial charge in [0.2, 0.25) is 10.0 Å². The number of thioether (sulfide) groups is 1. The van der Waals surface area contributed by atoms with E-state index in [-0.39, 0.29) is 11.3 Å². The normalized spacial score (nSPS) is 13.7. The number of aromatic nitrogens is 2. The Hall–Kier alpha value is -1.88. The number of ether oxygens (including phenoxy) is 1. The van der Waals surface area contributed by atoms with Crippen molar-refractivity contribution in [3.8, 4) is 11.4 Å². The predicted molar refractivity (Wildman–Crippen MR) is 122 cm³/mol. The summed E-state index contributed by atoms with van der Waals surface area (Å²) < 4.78 is 29.6. The lowest BCUT2D eigenvalue weighted by atomic mass is 10.2. The van der Waals surface area contributed by atoms with Crippen LogP contribution in [0, 0.1) is 0 Å². The lowest BCUT2D eigenvalue weighted by Crippen LogP contribution is -2.22. The summed E-state index contributed by atoms with van der Waals surface area (Å²) in [4.78, 5) is 20.4. The molecule has 0 unspecified atom stereocenters. The smallest absolute Gasteiger partial charge is 0.267 e. The first-order valence-corrected chi connectivity index (χ1v) is 13.3. The first-order chi connectivity index (χ1) is 14.4. The van der Waals surface area contributed by atoms with Gasteiger partial charge in [0.15, 0.2) is 5.16 Å². The third-order valence-electron chi connectivity index (χ3n) is 4.92. The van der Waals surface area contributed by atoms with Crippen molar-refractivity contribution in [3.05, 3.63) is 45.1 Å². The van der Waals surface area contributed by atoms with Crippen molar-refractivity contribution in [2.45, 2.75) is 37.8 Å². The Kier molecular flexibility index (Phi) is 6.19. The molecular formula is C20H23N3O4S3. The Morgan fingerprint density at radius 1 is 1.27 bits per heavy atom. The maximum Gasteiger partial charge on any atom is 0.267 e. The van der Waals surface area contributed by atoms with Crippen molar-refractivity contribution in [2.24, 2.45) is 5.14 Å². The molecular weight excluding hydrogens is 442 g/mol. The van der Waals surface area contributed by atoms with Gasteiger partial charge in [-0.05, 0) is 62.4 Å². The van der Waals surface area contributed by atoms with Crippen LogP contribution in [-0.2, 0) is 22.9 Å². The number of thiophene rings is 1. The van der Waals surface area contributed by atoms with Gasteiger partial charge in [-0.3, -0.25) is 9.36 Å². The number of aryl methyl sites for hydroxylation is 2. The summed E-state index contributed by atoms with van der Waals surface area (Å²) in [6.07, 6.45) is 3.37. The van der Waals surface area contributed by atoms with E-state index in [4.69, 9.17) is 14.9 Å². The summed E-state index contributed by atoms with van der Waals surface area (Å²) in [7, 11) is -3.51. The number of hydrogen-bond donors (Lipinski definition) is 1. The molecule has 160 valence electrons. The molecule has 1 aromatic carbocycles. The third kappa shape index (κ3) is 4.41. The molecule has 4 rings (SSSR count). The van der Waals surface area contributed by atoms with E-state index in [1.807, 2.05) is 31.2 Å². The zero-order valence-corrected chi connectivity index (χ0v) is 19.0. The van der Waals surface area contributed by atoms with Crippen LogP contribution in [0.1, 0.15) is 30.2 Å². The van der Waals surface area contributed by atoms with Gasteiger partial charge >= 0.3 is 0 Å². The van der Waals surface area contributed by atoms with Crippen LogP contribution in [0.5, 0.6) is 5.75 Å². The fourth-order valence-corrected chi connectivity index (χ4v) is 6.61. The maximum absolute atomic E-state index is 13.5. The van der Waals surface area contributed by atoms with Crippen molar-refractivity contribution in [1.29, 1.82) is 0 Å². The van der Waals surface area contributed by atoms with Crippen molar-refractivity contribution in [3.63, 3.8) is 0 Å². The molecule has 0 atom stereocenters. The summed E-state index contributed by atoms with van der Waals surface area (Å²) in [5.41, 5.74) is 1.78. The lowest BCUT2D eigenvalue weighted by molar-refractivity contribution is 0.340. The van der Waals surface area contributed by atoms with E-state index in [9.17, 15) is 13.2 Å². The van der Waals surface area contributed by atoms with Crippen molar-refractivity contribution in [2.75, 3.05) is 18.1 Å². The van der Waals surface area contributed by atoms with Crippen LogP contribution in [0.4, 0.5) is 0 Å². The number of fused-ring (bicyclic) bond motifs is 3. The maximum atomic E-state index is 13.5. The molecule has 0 amide bonds. The number of hydrogen-bond acceptors (Lipinski definition) is 7. The molecule has 0 saturated heterocycles. The van der Waals surface area contributed by atoms with E-state index in [1.165, 1.54) is 16.6 Å². The number of nitrogens with two attached hydrogens (primary N) is 1. The van der Waals surface area contributed by atoms with Gasteiger partial charge in [0.1, 0.15) is 10.6 Å². The van der Waals surface area contributed by atoms with Gasteiger partial charge in [-0.1, -0.05) is 11.8 Å². The summed E-state index contributed by atoms with van der Waals surface area (Å²) in [5.74, 6) is 1.14. The van der Waals surface area contributed by atoms with E-state index in [2.05, 4.69) is 0 Å². The monoisotopic (exact) mass is 465 g/mol. The van der Waals surface area contributed by atoms with E-state index in [0.29, 0.717) is 29.6 Å². The molecule has 0 aliphatic heterocycles. The Balaban J connectivity index is 1.76. The SMILES string of the molecule is CCOc1ccc(-n2c(SCCCS(N)(=O)=O)nc3sc4c(c3c2=O)CCC4)cc1. The Labute approximate surface area is 183 Å². The molecule has 1 aliphatic carbocycles. The van der Waals surface area contributed by atoms with Crippen molar-refractivity contribution in [1.82, 2.24) is 9.55 Å². The Bertz CT molecular complexity index is 1230. The van der Waals surface area contributed by atoms with E-state index >= 15 is 0 Å². The average Bonchev–Trinajstić information content (AvgIpc) is 3.26. The topological polar surface area (TPSA) is 104 Å². The molecule has 10 heteroatoms. The van der Waals surface area contributed by atoms with Gasteiger partial charge in [-0.25, -0.2) is 18.5 Å². The molecule has 30 heavy (non-hydrogen) atoms. The molecule has 0 fully saturated rings. The minimum atomic E-state index is -3.51. The molecule has 0 radical (unpaired) electrons. The number of sulfonamides is 1. The number of benzene rings is 1. The van der Waals surface area contributed by atoms with Crippen LogP contribution in [0.2, 0.25) is 0 Å². The number of nitrogens with zero attached hydrogens (tertiary/aromatic N) is 2. The van der Waals surface area contributed by atoms with Crippen molar-refractivity contribution < 1.29 is 13.2 Å². The van der Waals surface area contributed by atoms with Gasteiger partial charge in [0.25, 0.3) is 5.56 Å². The third-order valence-corrected chi connectivity index (χ3v) is 7.99. The van der Waals surface area contributed by atoms with Crippen LogP contribution in [-0.4, -0.2) is 36.1 Å². The van der Waals surface area contributed by atoms with E-state index in [1.54, 1.807) is 15.9 Å². The molecule has 2 heterocycles. The van der Waals surface area contributed by atoms with Crippen molar-refractivity contribution >= 4 is 43.3 Å². The summed E-state index contributed by atoms with van der Waals surface area (Å²) in [5, 5.41) is 6.38. The second-order valence-electron chi connectivity index (χ2n) is 7.07. The molecule has 7 nitrogen and oxygen atoms in total. The molecule has 2 aromatic heterocycles. The van der Waals surface area contributed by atoms with Gasteiger partial charge in [-0.15, -0.1) is 11.3 Å². The lowest BCUT2D eigenvalue weighted by Gasteiger charge is -2.13. The van der Waals surface area contributed by atoms with Crippen LogP contribution < -0.4 is 15.4 Å². The Morgan fingerprint density at radius 2 is 2.03 bits per heavy atom. The zero-order chi connectivity index (χ0) is 21.3. The molecule has 0 bridgehead atoms. The largest absolute Gasteiger partial charge is 0.494 e. The molecule has 0 spiro atoms. The fraction of sp³-hybridized carbons (Fsp3) is 0.400. The number of primary sulfonamides is 1. The molecule has 2 N–H and O–H groups in total. The first kappa shape index (κ1) is 21.4. The van der Waals surface area contributed by atoms with Crippen LogP contribution in [0.3, 0.4) is 0 Å². The second kappa shape index (κ2) is 8.70. The van der Waals surface area contributed by atoms with E-state index < -0.39 is 10.0 Å².